The van der Waals surface area contributed by atoms with Crippen molar-refractivity contribution in [3.8, 4) is 0 Å². The van der Waals surface area contributed by atoms with Gasteiger partial charge in [0, 0.05) is 15.6 Å². The number of halogens is 2. The minimum absolute atomic E-state index is 0.510. The quantitative estimate of drug-likeness (QED) is 0.838. The highest BCUT2D eigenvalue weighted by atomic mass is 35.5. The topological polar surface area (TPSA) is 20.2 Å². The molecule has 0 saturated carbocycles. The molecule has 0 fully saturated rings. The van der Waals surface area contributed by atoms with Crippen LogP contribution in [0.2, 0.25) is 10.0 Å². The maximum absolute atomic E-state index is 10.9. The summed E-state index contributed by atoms with van der Waals surface area (Å²) in [6.07, 6.45) is 0. The van der Waals surface area contributed by atoms with Crippen molar-refractivity contribution in [1.82, 2.24) is 0 Å². The van der Waals surface area contributed by atoms with E-state index in [2.05, 4.69) is 0 Å². The second-order valence-electron chi connectivity index (χ2n) is 5.01. The Balaban J connectivity index is 2.64. The van der Waals surface area contributed by atoms with E-state index in [1.165, 1.54) is 0 Å². The number of rotatable bonds is 2. The van der Waals surface area contributed by atoms with E-state index < -0.39 is 5.60 Å². The summed E-state index contributed by atoms with van der Waals surface area (Å²) in [4.78, 5) is 0. The van der Waals surface area contributed by atoms with Crippen LogP contribution in [0.25, 0.3) is 0 Å². The molecule has 0 aliphatic heterocycles. The monoisotopic (exact) mass is 294 g/mol. The Bertz CT molecular complexity index is 565. The standard InChI is InChI=1S/C16H16Cl2O/c1-10-4-5-11(2)13(8-10)16(3,19)14-9-12(17)6-7-15(14)18/h4-9,19H,1-3H3. The minimum Gasteiger partial charge on any atom is -0.381 e. The second kappa shape index (κ2) is 5.16. The van der Waals surface area contributed by atoms with E-state index >= 15 is 0 Å². The molecule has 1 atom stereocenters. The van der Waals surface area contributed by atoms with Crippen molar-refractivity contribution in [2.24, 2.45) is 0 Å². The lowest BCUT2D eigenvalue weighted by Crippen LogP contribution is -2.24. The molecule has 100 valence electrons. The molecule has 0 aliphatic carbocycles. The summed E-state index contributed by atoms with van der Waals surface area (Å²) in [6, 6.07) is 11.1. The van der Waals surface area contributed by atoms with Crippen molar-refractivity contribution < 1.29 is 5.11 Å². The molecular weight excluding hydrogens is 279 g/mol. The number of aliphatic hydroxyl groups is 1. The van der Waals surface area contributed by atoms with Crippen LogP contribution in [-0.2, 0) is 5.60 Å². The molecule has 0 aliphatic rings. The molecule has 1 unspecified atom stereocenters. The Morgan fingerprint density at radius 2 is 1.63 bits per heavy atom. The van der Waals surface area contributed by atoms with Crippen LogP contribution in [0.3, 0.4) is 0 Å². The summed E-state index contributed by atoms with van der Waals surface area (Å²) in [6.45, 7) is 5.71. The third kappa shape index (κ3) is 2.79. The van der Waals surface area contributed by atoms with Crippen LogP contribution in [0.15, 0.2) is 36.4 Å². The lowest BCUT2D eigenvalue weighted by atomic mass is 9.85. The molecule has 3 heteroatoms. The van der Waals surface area contributed by atoms with Gasteiger partial charge >= 0.3 is 0 Å². The van der Waals surface area contributed by atoms with Crippen LogP contribution in [-0.4, -0.2) is 5.11 Å². The molecule has 1 N–H and O–H groups in total. The van der Waals surface area contributed by atoms with Gasteiger partial charge in [0.2, 0.25) is 0 Å². The molecule has 2 rings (SSSR count). The van der Waals surface area contributed by atoms with E-state index in [9.17, 15) is 5.11 Å². The molecule has 0 spiro atoms. The number of benzene rings is 2. The first-order valence-corrected chi connectivity index (χ1v) is 6.83. The van der Waals surface area contributed by atoms with Crippen LogP contribution < -0.4 is 0 Å². The van der Waals surface area contributed by atoms with E-state index in [0.717, 1.165) is 16.7 Å². The lowest BCUT2D eigenvalue weighted by Gasteiger charge is -2.28. The normalized spacial score (nSPS) is 14.2. The van der Waals surface area contributed by atoms with Gasteiger partial charge in [-0.15, -0.1) is 0 Å². The molecule has 2 aromatic rings. The zero-order valence-corrected chi connectivity index (χ0v) is 12.7. The zero-order chi connectivity index (χ0) is 14.2. The molecule has 0 radical (unpaired) electrons. The average molecular weight is 295 g/mol. The molecule has 0 heterocycles. The molecule has 0 bridgehead atoms. The third-order valence-electron chi connectivity index (χ3n) is 3.37. The van der Waals surface area contributed by atoms with Gasteiger partial charge in [-0.05, 0) is 50.1 Å². The Hall–Kier alpha value is -1.02. The molecule has 2 aromatic carbocycles. The van der Waals surface area contributed by atoms with Gasteiger partial charge < -0.3 is 5.11 Å². The largest absolute Gasteiger partial charge is 0.381 e. The van der Waals surface area contributed by atoms with Crippen molar-refractivity contribution in [3.63, 3.8) is 0 Å². The van der Waals surface area contributed by atoms with E-state index in [1.807, 2.05) is 32.0 Å². The average Bonchev–Trinajstić information content (AvgIpc) is 2.35. The molecule has 1 nitrogen and oxygen atoms in total. The highest BCUT2D eigenvalue weighted by Gasteiger charge is 2.29. The SMILES string of the molecule is Cc1ccc(C)c(C(C)(O)c2cc(Cl)ccc2Cl)c1. The van der Waals surface area contributed by atoms with E-state index in [4.69, 9.17) is 23.2 Å². The Kier molecular flexibility index (Phi) is 3.91. The summed E-state index contributed by atoms with van der Waals surface area (Å²) in [5.74, 6) is 0. The third-order valence-corrected chi connectivity index (χ3v) is 3.94. The Labute approximate surface area is 123 Å². The number of hydrogen-bond donors (Lipinski definition) is 1. The summed E-state index contributed by atoms with van der Waals surface area (Å²) >= 11 is 12.2. The minimum atomic E-state index is -1.17. The smallest absolute Gasteiger partial charge is 0.114 e. The van der Waals surface area contributed by atoms with Gasteiger partial charge in [-0.1, -0.05) is 47.0 Å². The second-order valence-corrected chi connectivity index (χ2v) is 5.86. The molecule has 0 amide bonds. The van der Waals surface area contributed by atoms with Gasteiger partial charge in [0.25, 0.3) is 0 Å². The van der Waals surface area contributed by atoms with Gasteiger partial charge in [0.05, 0.1) is 0 Å². The van der Waals surface area contributed by atoms with Gasteiger partial charge in [0.1, 0.15) is 5.60 Å². The van der Waals surface area contributed by atoms with Gasteiger partial charge in [0.15, 0.2) is 0 Å². The molecule has 19 heavy (non-hydrogen) atoms. The van der Waals surface area contributed by atoms with Crippen molar-refractivity contribution in [2.45, 2.75) is 26.4 Å². The van der Waals surface area contributed by atoms with Crippen LogP contribution in [0.4, 0.5) is 0 Å². The van der Waals surface area contributed by atoms with E-state index in [-0.39, 0.29) is 0 Å². The van der Waals surface area contributed by atoms with E-state index in [1.54, 1.807) is 25.1 Å². The first-order valence-electron chi connectivity index (χ1n) is 6.08. The fraction of sp³-hybridized carbons (Fsp3) is 0.250. The summed E-state index contributed by atoms with van der Waals surface area (Å²) in [5, 5.41) is 12.0. The van der Waals surface area contributed by atoms with Gasteiger partial charge in [-0.3, -0.25) is 0 Å². The van der Waals surface area contributed by atoms with Crippen molar-refractivity contribution in [2.75, 3.05) is 0 Å². The van der Waals surface area contributed by atoms with Crippen molar-refractivity contribution >= 4 is 23.2 Å². The summed E-state index contributed by atoms with van der Waals surface area (Å²) in [5.41, 5.74) is 2.41. The lowest BCUT2D eigenvalue weighted by molar-refractivity contribution is 0.102. The number of aryl methyl sites for hydroxylation is 2. The van der Waals surface area contributed by atoms with Crippen molar-refractivity contribution in [1.29, 1.82) is 0 Å². The fourth-order valence-electron chi connectivity index (χ4n) is 2.28. The highest BCUT2D eigenvalue weighted by Crippen LogP contribution is 2.37. The van der Waals surface area contributed by atoms with Gasteiger partial charge in [-0.25, -0.2) is 0 Å². The van der Waals surface area contributed by atoms with Crippen LogP contribution in [0, 0.1) is 13.8 Å². The first-order chi connectivity index (χ1) is 8.82. The van der Waals surface area contributed by atoms with E-state index in [0.29, 0.717) is 15.6 Å². The molecule has 0 aromatic heterocycles. The van der Waals surface area contributed by atoms with Crippen molar-refractivity contribution in [3.05, 3.63) is 68.7 Å². The molecule has 0 saturated heterocycles. The summed E-state index contributed by atoms with van der Waals surface area (Å²) < 4.78 is 0. The number of hydrogen-bond acceptors (Lipinski definition) is 1. The maximum atomic E-state index is 10.9. The van der Waals surface area contributed by atoms with Crippen LogP contribution >= 0.6 is 23.2 Å². The van der Waals surface area contributed by atoms with Gasteiger partial charge in [-0.2, -0.15) is 0 Å². The zero-order valence-electron chi connectivity index (χ0n) is 11.2. The van der Waals surface area contributed by atoms with Crippen LogP contribution in [0.1, 0.15) is 29.2 Å². The first kappa shape index (κ1) is 14.4. The summed E-state index contributed by atoms with van der Waals surface area (Å²) in [7, 11) is 0. The Morgan fingerprint density at radius 1 is 0.947 bits per heavy atom. The maximum Gasteiger partial charge on any atom is 0.114 e. The predicted molar refractivity (Wildman–Crippen MR) is 81.1 cm³/mol. The molecular formula is C16H16Cl2O. The fourth-order valence-corrected chi connectivity index (χ4v) is 2.75. The highest BCUT2D eigenvalue weighted by molar-refractivity contribution is 6.33. The van der Waals surface area contributed by atoms with Crippen LogP contribution in [0.5, 0.6) is 0 Å². The predicted octanol–water partition coefficient (Wildman–Crippen LogP) is 4.87. The Morgan fingerprint density at radius 3 is 2.32 bits per heavy atom.